The maximum absolute atomic E-state index is 9.18. The molecule has 0 amide bonds. The molecule has 0 aromatic carbocycles. The van der Waals surface area contributed by atoms with E-state index in [1.165, 1.54) is 116 Å². The number of hydrogen-bond donors (Lipinski definition) is 1. The molecule has 0 saturated heterocycles. The number of rotatable bonds is 27. The van der Waals surface area contributed by atoms with Crippen LogP contribution in [-0.2, 0) is 9.47 Å². The molecule has 0 radical (unpaired) electrons. The number of nitrogens with zero attached hydrogens (tertiary/aromatic N) is 1. The van der Waals surface area contributed by atoms with Crippen LogP contribution in [0.3, 0.4) is 0 Å². The smallest absolute Gasteiger partial charge is 0.0494 e. The second kappa shape index (κ2) is 27.1. The van der Waals surface area contributed by atoms with Crippen LogP contribution in [0.4, 0.5) is 0 Å². The molecule has 0 fully saturated rings. The summed E-state index contributed by atoms with van der Waals surface area (Å²) in [5.74, 6) is 0.779. The van der Waals surface area contributed by atoms with Crippen molar-refractivity contribution in [2.45, 2.75) is 123 Å². The van der Waals surface area contributed by atoms with Crippen LogP contribution >= 0.6 is 0 Å². The van der Waals surface area contributed by atoms with E-state index in [9.17, 15) is 5.11 Å². The Kier molecular flexibility index (Phi) is 27.0. The molecule has 0 aliphatic carbocycles. The first-order valence-electron chi connectivity index (χ1n) is 14.2. The van der Waals surface area contributed by atoms with Gasteiger partial charge in [0.15, 0.2) is 0 Å². The topological polar surface area (TPSA) is 41.9 Å². The van der Waals surface area contributed by atoms with Crippen molar-refractivity contribution in [2.24, 2.45) is 5.92 Å². The molecule has 32 heavy (non-hydrogen) atoms. The summed E-state index contributed by atoms with van der Waals surface area (Å²) in [4.78, 5) is 2.56. The van der Waals surface area contributed by atoms with Crippen LogP contribution < -0.4 is 0 Å². The van der Waals surface area contributed by atoms with E-state index in [4.69, 9.17) is 9.47 Å². The van der Waals surface area contributed by atoms with Gasteiger partial charge in [-0.3, -0.25) is 0 Å². The molecule has 1 atom stereocenters. The molecule has 4 heteroatoms. The van der Waals surface area contributed by atoms with E-state index in [0.29, 0.717) is 6.61 Å². The number of hydrogen-bond acceptors (Lipinski definition) is 4. The first kappa shape index (κ1) is 31.8. The Balaban J connectivity index is 3.78. The van der Waals surface area contributed by atoms with E-state index in [1.54, 1.807) is 7.11 Å². The van der Waals surface area contributed by atoms with E-state index < -0.39 is 0 Å². The Labute approximate surface area is 201 Å². The molecule has 0 aromatic rings. The Bertz CT molecular complexity index is 341. The fourth-order valence-electron chi connectivity index (χ4n) is 4.37. The summed E-state index contributed by atoms with van der Waals surface area (Å²) in [6.45, 7) is 11.1. The molecular formula is C28H59NO3. The monoisotopic (exact) mass is 457 g/mol. The second-order valence-electron chi connectivity index (χ2n) is 9.67. The lowest BCUT2D eigenvalue weighted by molar-refractivity contribution is 0.0879. The zero-order valence-corrected chi connectivity index (χ0v) is 22.3. The van der Waals surface area contributed by atoms with Crippen LogP contribution in [0.1, 0.15) is 123 Å². The van der Waals surface area contributed by atoms with Gasteiger partial charge in [-0.2, -0.15) is 0 Å². The Morgan fingerprint density at radius 1 is 0.625 bits per heavy atom. The number of unbranched alkanes of at least 4 members (excludes halogenated alkanes) is 10. The van der Waals surface area contributed by atoms with Gasteiger partial charge in [-0.25, -0.2) is 0 Å². The SMILES string of the molecule is CCCCCCC(CCCC)COCCCCCCN(CCCO)CCCCCCOC. The lowest BCUT2D eigenvalue weighted by atomic mass is 9.96. The van der Waals surface area contributed by atoms with Crippen molar-refractivity contribution in [3.05, 3.63) is 0 Å². The highest BCUT2D eigenvalue weighted by Gasteiger charge is 2.09. The van der Waals surface area contributed by atoms with Gasteiger partial charge >= 0.3 is 0 Å². The van der Waals surface area contributed by atoms with Crippen molar-refractivity contribution in [2.75, 3.05) is 53.2 Å². The molecule has 1 unspecified atom stereocenters. The molecule has 0 heterocycles. The molecule has 0 bridgehead atoms. The molecule has 0 rings (SSSR count). The third kappa shape index (κ3) is 23.0. The molecule has 0 aliphatic rings. The molecule has 4 nitrogen and oxygen atoms in total. The minimum Gasteiger partial charge on any atom is -0.396 e. The first-order chi connectivity index (χ1) is 15.8. The summed E-state index contributed by atoms with van der Waals surface area (Å²) < 4.78 is 11.2. The number of aliphatic hydroxyl groups is 1. The minimum atomic E-state index is 0.305. The predicted molar refractivity (Wildman–Crippen MR) is 140 cm³/mol. The highest BCUT2D eigenvalue weighted by molar-refractivity contribution is 4.61. The maximum atomic E-state index is 9.18. The summed E-state index contributed by atoms with van der Waals surface area (Å²) in [6.07, 6.45) is 21.8. The van der Waals surface area contributed by atoms with Gasteiger partial charge < -0.3 is 19.5 Å². The summed E-state index contributed by atoms with van der Waals surface area (Å²) in [7, 11) is 1.78. The second-order valence-corrected chi connectivity index (χ2v) is 9.67. The quantitative estimate of drug-likeness (QED) is 0.132. The largest absolute Gasteiger partial charge is 0.396 e. The zero-order valence-electron chi connectivity index (χ0n) is 22.3. The van der Waals surface area contributed by atoms with Gasteiger partial charge in [0.25, 0.3) is 0 Å². The van der Waals surface area contributed by atoms with Gasteiger partial charge in [-0.1, -0.05) is 78.1 Å². The van der Waals surface area contributed by atoms with Gasteiger partial charge in [0.05, 0.1) is 0 Å². The Morgan fingerprint density at radius 3 is 1.81 bits per heavy atom. The van der Waals surface area contributed by atoms with Crippen molar-refractivity contribution < 1.29 is 14.6 Å². The third-order valence-electron chi connectivity index (χ3n) is 6.50. The number of aliphatic hydroxyl groups excluding tert-OH is 1. The fourth-order valence-corrected chi connectivity index (χ4v) is 4.37. The zero-order chi connectivity index (χ0) is 23.5. The highest BCUT2D eigenvalue weighted by Crippen LogP contribution is 2.18. The van der Waals surface area contributed by atoms with E-state index in [2.05, 4.69) is 18.7 Å². The van der Waals surface area contributed by atoms with Crippen LogP contribution in [0.5, 0.6) is 0 Å². The van der Waals surface area contributed by atoms with Crippen molar-refractivity contribution >= 4 is 0 Å². The number of ether oxygens (including phenoxy) is 2. The average molecular weight is 458 g/mol. The summed E-state index contributed by atoms with van der Waals surface area (Å²) >= 11 is 0. The lowest BCUT2D eigenvalue weighted by Crippen LogP contribution is -2.28. The maximum Gasteiger partial charge on any atom is 0.0494 e. The summed E-state index contributed by atoms with van der Waals surface area (Å²) in [5.41, 5.74) is 0. The molecule has 1 N–H and O–H groups in total. The van der Waals surface area contributed by atoms with Crippen molar-refractivity contribution in [3.63, 3.8) is 0 Å². The molecule has 0 aliphatic heterocycles. The van der Waals surface area contributed by atoms with Gasteiger partial charge in [-0.15, -0.1) is 0 Å². The minimum absolute atomic E-state index is 0.305. The summed E-state index contributed by atoms with van der Waals surface area (Å²) in [6, 6.07) is 0. The van der Waals surface area contributed by atoms with Crippen molar-refractivity contribution in [1.82, 2.24) is 4.90 Å². The fraction of sp³-hybridized carbons (Fsp3) is 1.00. The van der Waals surface area contributed by atoms with E-state index in [-0.39, 0.29) is 0 Å². The van der Waals surface area contributed by atoms with Gasteiger partial charge in [-0.05, 0) is 64.0 Å². The van der Waals surface area contributed by atoms with Gasteiger partial charge in [0, 0.05) is 40.1 Å². The van der Waals surface area contributed by atoms with Crippen LogP contribution in [0, 0.1) is 5.92 Å². The Morgan fingerprint density at radius 2 is 1.19 bits per heavy atom. The van der Waals surface area contributed by atoms with Crippen LogP contribution in [-0.4, -0.2) is 63.2 Å². The Hall–Kier alpha value is -0.160. The van der Waals surface area contributed by atoms with Gasteiger partial charge in [0.2, 0.25) is 0 Å². The van der Waals surface area contributed by atoms with Gasteiger partial charge in [0.1, 0.15) is 0 Å². The molecule has 194 valence electrons. The molecule has 0 aromatic heterocycles. The summed E-state index contributed by atoms with van der Waals surface area (Å²) in [5, 5.41) is 9.18. The average Bonchev–Trinajstić information content (AvgIpc) is 2.81. The van der Waals surface area contributed by atoms with Crippen LogP contribution in [0.2, 0.25) is 0 Å². The third-order valence-corrected chi connectivity index (χ3v) is 6.50. The number of methoxy groups -OCH3 is 1. The van der Waals surface area contributed by atoms with E-state index in [1.807, 2.05) is 0 Å². The van der Waals surface area contributed by atoms with E-state index in [0.717, 1.165) is 38.7 Å². The normalized spacial score (nSPS) is 12.7. The standard InChI is InChI=1S/C28H59NO3/c1-4-6-8-13-20-28(19-7-5-2)27-32-26-17-12-10-15-22-29(23-18-24-30)21-14-9-11-16-25-31-3/h28,30H,4-27H2,1-3H3. The lowest BCUT2D eigenvalue weighted by Gasteiger charge is -2.22. The molecule has 0 spiro atoms. The van der Waals surface area contributed by atoms with Crippen molar-refractivity contribution in [3.8, 4) is 0 Å². The molecule has 0 saturated carbocycles. The highest BCUT2D eigenvalue weighted by atomic mass is 16.5. The van der Waals surface area contributed by atoms with Crippen LogP contribution in [0.15, 0.2) is 0 Å². The van der Waals surface area contributed by atoms with Crippen molar-refractivity contribution in [1.29, 1.82) is 0 Å². The predicted octanol–water partition coefficient (Wildman–Crippen LogP) is 7.23. The molecular weight excluding hydrogens is 398 g/mol. The van der Waals surface area contributed by atoms with E-state index >= 15 is 0 Å². The first-order valence-corrected chi connectivity index (χ1v) is 14.2. The van der Waals surface area contributed by atoms with Crippen LogP contribution in [0.25, 0.3) is 0 Å².